The van der Waals surface area contributed by atoms with Crippen LogP contribution in [0, 0.1) is 11.3 Å². The van der Waals surface area contributed by atoms with Gasteiger partial charge in [-0.25, -0.2) is 8.42 Å². The van der Waals surface area contributed by atoms with E-state index in [2.05, 4.69) is 15.9 Å². The molecule has 0 spiro atoms. The Balaban J connectivity index is 2.57. The maximum atomic E-state index is 12.5. The van der Waals surface area contributed by atoms with Gasteiger partial charge >= 0.3 is 0 Å². The molecule has 0 saturated heterocycles. The molecule has 2 aromatic carbocycles. The van der Waals surface area contributed by atoms with Crippen LogP contribution >= 0.6 is 15.9 Å². The van der Waals surface area contributed by atoms with Gasteiger partial charge in [-0.1, -0.05) is 18.2 Å². The number of benzene rings is 2. The molecule has 0 radical (unpaired) electrons. The monoisotopic (exact) mass is 393 g/mol. The van der Waals surface area contributed by atoms with Crippen LogP contribution in [-0.4, -0.2) is 20.6 Å². The van der Waals surface area contributed by atoms with Gasteiger partial charge in [-0.15, -0.1) is 0 Å². The van der Waals surface area contributed by atoms with Crippen LogP contribution in [0.3, 0.4) is 0 Å². The van der Waals surface area contributed by atoms with Crippen LogP contribution in [0.5, 0.6) is 11.5 Å². The second-order valence-electron chi connectivity index (χ2n) is 4.49. The highest BCUT2D eigenvalue weighted by Crippen LogP contribution is 2.36. The van der Waals surface area contributed by atoms with Crippen molar-refractivity contribution >= 4 is 31.8 Å². The van der Waals surface area contributed by atoms with Crippen LogP contribution in [-0.2, 0) is 9.84 Å². The maximum absolute atomic E-state index is 12.5. The predicted molar refractivity (Wildman–Crippen MR) is 89.6 cm³/mol. The summed E-state index contributed by atoms with van der Waals surface area (Å²) in [5.74, 6) is 0.0640. The van der Waals surface area contributed by atoms with Crippen molar-refractivity contribution in [3.05, 3.63) is 57.4 Å². The number of ether oxygens (including phenoxy) is 1. The van der Waals surface area contributed by atoms with Crippen molar-refractivity contribution in [1.29, 1.82) is 5.26 Å². The van der Waals surface area contributed by atoms with Crippen molar-refractivity contribution in [3.8, 4) is 17.6 Å². The van der Waals surface area contributed by atoms with Crippen molar-refractivity contribution in [2.45, 2.75) is 4.90 Å². The first-order valence-corrected chi connectivity index (χ1v) is 8.66. The quantitative estimate of drug-likeness (QED) is 0.802. The van der Waals surface area contributed by atoms with Crippen LogP contribution in [0.25, 0.3) is 6.08 Å². The minimum absolute atomic E-state index is 0.0395. The van der Waals surface area contributed by atoms with Gasteiger partial charge in [0.05, 0.1) is 16.5 Å². The third-order valence-electron chi connectivity index (χ3n) is 3.02. The summed E-state index contributed by atoms with van der Waals surface area (Å²) in [5, 5.41) is 19.0. The summed E-state index contributed by atoms with van der Waals surface area (Å²) >= 11 is 3.15. The highest BCUT2D eigenvalue weighted by atomic mass is 79.9. The fourth-order valence-electron chi connectivity index (χ4n) is 1.88. The van der Waals surface area contributed by atoms with Gasteiger partial charge in [0.1, 0.15) is 11.0 Å². The van der Waals surface area contributed by atoms with Crippen LogP contribution in [0.1, 0.15) is 5.56 Å². The minimum Gasteiger partial charge on any atom is -0.503 e. The van der Waals surface area contributed by atoms with Crippen LogP contribution < -0.4 is 4.74 Å². The molecule has 0 aliphatic rings. The Morgan fingerprint density at radius 1 is 1.30 bits per heavy atom. The molecule has 0 aliphatic heterocycles. The van der Waals surface area contributed by atoms with Crippen molar-refractivity contribution in [2.75, 3.05) is 7.11 Å². The molecule has 2 rings (SSSR count). The fraction of sp³-hybridized carbons (Fsp3) is 0.0625. The third-order valence-corrected chi connectivity index (χ3v) is 5.31. The van der Waals surface area contributed by atoms with E-state index in [-0.39, 0.29) is 16.4 Å². The molecule has 0 aromatic heterocycles. The summed E-state index contributed by atoms with van der Waals surface area (Å²) in [4.78, 5) is -0.360. The molecule has 2 aromatic rings. The number of phenols is 1. The lowest BCUT2D eigenvalue weighted by atomic mass is 10.2. The van der Waals surface area contributed by atoms with Gasteiger partial charge in [0, 0.05) is 0 Å². The Hall–Kier alpha value is -2.30. The van der Waals surface area contributed by atoms with E-state index < -0.39 is 14.7 Å². The molecule has 0 amide bonds. The van der Waals surface area contributed by atoms with E-state index >= 15 is 0 Å². The van der Waals surface area contributed by atoms with Gasteiger partial charge < -0.3 is 9.84 Å². The molecule has 5 nitrogen and oxygen atoms in total. The fourth-order valence-corrected chi connectivity index (χ4v) is 3.52. The number of methoxy groups -OCH3 is 1. The van der Waals surface area contributed by atoms with Crippen molar-refractivity contribution in [2.24, 2.45) is 0 Å². The van der Waals surface area contributed by atoms with E-state index in [9.17, 15) is 18.8 Å². The molecule has 0 fully saturated rings. The number of phenolic OH excluding ortho intramolecular Hbond substituents is 1. The lowest BCUT2D eigenvalue weighted by molar-refractivity contribution is 0.372. The zero-order valence-electron chi connectivity index (χ0n) is 12.0. The number of rotatable bonds is 4. The number of hydrogen-bond donors (Lipinski definition) is 1. The molecule has 0 bridgehead atoms. The topological polar surface area (TPSA) is 87.4 Å². The SMILES string of the molecule is COc1cc(/C=C(/C#N)S(=O)(=O)c2ccccc2)cc(Br)c1O. The predicted octanol–water partition coefficient (Wildman–Crippen LogP) is 3.50. The molecule has 0 atom stereocenters. The molecular formula is C16H12BrNO4S. The first-order valence-electron chi connectivity index (χ1n) is 6.38. The van der Waals surface area contributed by atoms with Crippen molar-refractivity contribution in [3.63, 3.8) is 0 Å². The van der Waals surface area contributed by atoms with E-state index in [0.717, 1.165) is 0 Å². The number of halogens is 1. The summed E-state index contributed by atoms with van der Waals surface area (Å²) in [6, 6.07) is 12.4. The normalized spacial score (nSPS) is 11.8. The van der Waals surface area contributed by atoms with E-state index in [1.807, 2.05) is 0 Å². The average Bonchev–Trinajstić information content (AvgIpc) is 2.56. The number of hydrogen-bond acceptors (Lipinski definition) is 5. The smallest absolute Gasteiger partial charge is 0.216 e. The third kappa shape index (κ3) is 3.55. The summed E-state index contributed by atoms with van der Waals surface area (Å²) < 4.78 is 30.3. The number of allylic oxidation sites excluding steroid dienone is 1. The molecule has 0 saturated carbocycles. The van der Waals surface area contributed by atoms with Gasteiger partial charge in [-0.05, 0) is 51.8 Å². The lowest BCUT2D eigenvalue weighted by Gasteiger charge is -2.07. The van der Waals surface area contributed by atoms with Crippen molar-refractivity contribution < 1.29 is 18.3 Å². The Kier molecular flexibility index (Phi) is 5.08. The number of nitriles is 1. The highest BCUT2D eigenvalue weighted by molar-refractivity contribution is 9.10. The summed E-state index contributed by atoms with van der Waals surface area (Å²) in [6.45, 7) is 0. The van der Waals surface area contributed by atoms with E-state index in [1.54, 1.807) is 24.3 Å². The van der Waals surface area contributed by atoms with Crippen molar-refractivity contribution in [1.82, 2.24) is 0 Å². The standard InChI is InChI=1S/C16H12BrNO4S/c1-22-15-9-11(8-14(17)16(15)19)7-13(10-18)23(20,21)12-5-3-2-4-6-12/h2-9,19H,1H3/b13-7-. The lowest BCUT2D eigenvalue weighted by Crippen LogP contribution is -2.03. The van der Waals surface area contributed by atoms with Crippen LogP contribution in [0.4, 0.5) is 0 Å². The Bertz CT molecular complexity index is 900. The van der Waals surface area contributed by atoms with Gasteiger partial charge in [0.25, 0.3) is 0 Å². The second kappa shape index (κ2) is 6.86. The second-order valence-corrected chi connectivity index (χ2v) is 7.26. The molecule has 0 unspecified atom stereocenters. The van der Waals surface area contributed by atoms with Gasteiger partial charge in [-0.2, -0.15) is 5.26 Å². The Morgan fingerprint density at radius 3 is 2.52 bits per heavy atom. The summed E-state index contributed by atoms with van der Waals surface area (Å²) in [7, 11) is -2.53. The van der Waals surface area contributed by atoms with Crippen LogP contribution in [0.2, 0.25) is 0 Å². The van der Waals surface area contributed by atoms with E-state index in [1.165, 1.54) is 37.5 Å². The minimum atomic E-state index is -3.91. The molecule has 0 aliphatic carbocycles. The first-order chi connectivity index (χ1) is 10.9. The largest absolute Gasteiger partial charge is 0.503 e. The number of sulfone groups is 1. The highest BCUT2D eigenvalue weighted by Gasteiger charge is 2.20. The zero-order valence-corrected chi connectivity index (χ0v) is 14.4. The van der Waals surface area contributed by atoms with Gasteiger partial charge in [0.15, 0.2) is 11.5 Å². The number of aromatic hydroxyl groups is 1. The molecule has 23 heavy (non-hydrogen) atoms. The number of nitrogens with zero attached hydrogens (tertiary/aromatic N) is 1. The molecular weight excluding hydrogens is 382 g/mol. The average molecular weight is 394 g/mol. The maximum Gasteiger partial charge on any atom is 0.216 e. The Labute approximate surface area is 142 Å². The van der Waals surface area contributed by atoms with E-state index in [0.29, 0.717) is 10.0 Å². The molecule has 118 valence electrons. The molecule has 7 heteroatoms. The summed E-state index contributed by atoms with van der Waals surface area (Å²) in [6.07, 6.45) is 1.23. The summed E-state index contributed by atoms with van der Waals surface area (Å²) in [5.41, 5.74) is 0.405. The van der Waals surface area contributed by atoms with Gasteiger partial charge in [0.2, 0.25) is 9.84 Å². The van der Waals surface area contributed by atoms with E-state index in [4.69, 9.17) is 4.74 Å². The Morgan fingerprint density at radius 2 is 1.96 bits per heavy atom. The van der Waals surface area contributed by atoms with Crippen LogP contribution in [0.15, 0.2) is 56.7 Å². The first kappa shape index (κ1) is 17.1. The molecule has 1 N–H and O–H groups in total. The van der Waals surface area contributed by atoms with Gasteiger partial charge in [-0.3, -0.25) is 0 Å². The molecule has 0 heterocycles. The zero-order chi connectivity index (χ0) is 17.0.